The van der Waals surface area contributed by atoms with E-state index in [1.807, 2.05) is 4.90 Å². The van der Waals surface area contributed by atoms with Gasteiger partial charge in [-0.1, -0.05) is 6.07 Å². The molecule has 3 rings (SSSR count). The van der Waals surface area contributed by atoms with Crippen LogP contribution >= 0.6 is 0 Å². The lowest BCUT2D eigenvalue weighted by atomic mass is 10.1. The van der Waals surface area contributed by atoms with E-state index in [0.29, 0.717) is 11.3 Å². The lowest BCUT2D eigenvalue weighted by Crippen LogP contribution is -2.38. The highest BCUT2D eigenvalue weighted by atomic mass is 16.5. The third kappa shape index (κ3) is 4.95. The first-order valence-electron chi connectivity index (χ1n) is 9.19. The summed E-state index contributed by atoms with van der Waals surface area (Å²) in [7, 11) is 0. The molecule has 6 nitrogen and oxygen atoms in total. The molecule has 2 aliphatic rings. The van der Waals surface area contributed by atoms with Gasteiger partial charge in [0.25, 0.3) is 11.8 Å². The number of ether oxygens (including phenoxy) is 1. The summed E-state index contributed by atoms with van der Waals surface area (Å²) in [6, 6.07) is 7.31. The average Bonchev–Trinajstić information content (AvgIpc) is 3.05. The maximum absolute atomic E-state index is 12.4. The molecule has 1 aromatic rings. The van der Waals surface area contributed by atoms with Gasteiger partial charge in [-0.3, -0.25) is 9.59 Å². The van der Waals surface area contributed by atoms with Gasteiger partial charge in [0, 0.05) is 30.7 Å². The number of hydrogen-bond donors (Lipinski definition) is 2. The third-order valence-electron chi connectivity index (χ3n) is 4.98. The van der Waals surface area contributed by atoms with E-state index in [0.717, 1.165) is 45.2 Å². The molecular weight excluding hydrogens is 318 g/mol. The minimum absolute atomic E-state index is 0.00879. The smallest absolute Gasteiger partial charge is 0.260 e. The van der Waals surface area contributed by atoms with Crippen molar-refractivity contribution in [1.29, 1.82) is 0 Å². The molecule has 1 saturated heterocycles. The molecule has 1 aromatic carbocycles. The van der Waals surface area contributed by atoms with Crippen LogP contribution < -0.4 is 15.8 Å². The third-order valence-corrected chi connectivity index (χ3v) is 4.98. The molecule has 0 spiro atoms. The molecule has 2 atom stereocenters. The number of hydrogen-bond acceptors (Lipinski definition) is 4. The minimum atomic E-state index is -0.119. The van der Waals surface area contributed by atoms with Gasteiger partial charge in [0.1, 0.15) is 5.75 Å². The van der Waals surface area contributed by atoms with Gasteiger partial charge < -0.3 is 20.7 Å². The highest BCUT2D eigenvalue weighted by molar-refractivity contribution is 5.94. The molecule has 1 heterocycles. The summed E-state index contributed by atoms with van der Waals surface area (Å²) in [6.07, 6.45) is 6.01. The Labute approximate surface area is 148 Å². The Balaban J connectivity index is 1.52. The first kappa shape index (κ1) is 17.7. The van der Waals surface area contributed by atoms with Crippen LogP contribution in [0.4, 0.5) is 0 Å². The molecule has 2 fully saturated rings. The summed E-state index contributed by atoms with van der Waals surface area (Å²) >= 11 is 0. The molecule has 2 amide bonds. The van der Waals surface area contributed by atoms with Crippen molar-refractivity contribution >= 4 is 11.8 Å². The van der Waals surface area contributed by atoms with E-state index >= 15 is 0 Å². The van der Waals surface area contributed by atoms with Crippen LogP contribution in [0, 0.1) is 0 Å². The van der Waals surface area contributed by atoms with Crippen LogP contribution in [0.2, 0.25) is 0 Å². The number of amides is 2. The summed E-state index contributed by atoms with van der Waals surface area (Å²) in [6.45, 7) is 1.64. The van der Waals surface area contributed by atoms with Gasteiger partial charge in [0.15, 0.2) is 6.61 Å². The molecular formula is C19H27N3O3. The van der Waals surface area contributed by atoms with Crippen molar-refractivity contribution in [2.24, 2.45) is 5.73 Å². The normalized spacial score (nSPS) is 23.3. The summed E-state index contributed by atoms with van der Waals surface area (Å²) in [5.41, 5.74) is 6.43. The highest BCUT2D eigenvalue weighted by Crippen LogP contribution is 2.19. The zero-order valence-electron chi connectivity index (χ0n) is 14.6. The van der Waals surface area contributed by atoms with Gasteiger partial charge in [-0.05, 0) is 56.7 Å². The Bertz CT molecular complexity index is 614. The molecule has 0 unspecified atom stereocenters. The van der Waals surface area contributed by atoms with E-state index in [1.165, 1.54) is 6.42 Å². The SMILES string of the molecule is N[C@H]1CC[C@H](NC(=O)c2cccc(OCC(=O)N3CCCCC3)c2)C1. The number of piperidine rings is 1. The molecule has 136 valence electrons. The Kier molecular flexibility index (Phi) is 5.91. The second-order valence-corrected chi connectivity index (χ2v) is 7.00. The molecule has 25 heavy (non-hydrogen) atoms. The first-order chi connectivity index (χ1) is 12.1. The number of carbonyl (C=O) groups is 2. The van der Waals surface area contributed by atoms with Crippen molar-refractivity contribution in [2.75, 3.05) is 19.7 Å². The van der Waals surface area contributed by atoms with E-state index in [9.17, 15) is 9.59 Å². The van der Waals surface area contributed by atoms with E-state index in [2.05, 4.69) is 5.32 Å². The summed E-state index contributed by atoms with van der Waals surface area (Å²) in [5, 5.41) is 3.02. The predicted molar refractivity (Wildman–Crippen MR) is 95.4 cm³/mol. The largest absolute Gasteiger partial charge is 0.484 e. The summed E-state index contributed by atoms with van der Waals surface area (Å²) in [4.78, 5) is 26.4. The molecule has 3 N–H and O–H groups in total. The quantitative estimate of drug-likeness (QED) is 0.850. The fraction of sp³-hybridized carbons (Fsp3) is 0.579. The predicted octanol–water partition coefficient (Wildman–Crippen LogP) is 1.69. The van der Waals surface area contributed by atoms with Crippen LogP contribution in [-0.2, 0) is 4.79 Å². The lowest BCUT2D eigenvalue weighted by Gasteiger charge is -2.26. The maximum atomic E-state index is 12.4. The average molecular weight is 345 g/mol. The van der Waals surface area contributed by atoms with Crippen molar-refractivity contribution < 1.29 is 14.3 Å². The van der Waals surface area contributed by atoms with Crippen LogP contribution in [0.5, 0.6) is 5.75 Å². The number of benzene rings is 1. The standard InChI is InChI=1S/C19H27N3O3/c20-15-7-8-16(12-15)21-19(24)14-5-4-6-17(11-14)25-13-18(23)22-9-2-1-3-10-22/h4-6,11,15-16H,1-3,7-10,12-13,20H2,(H,21,24)/t15-,16-/m0/s1. The van der Waals surface area contributed by atoms with Crippen LogP contribution in [0.15, 0.2) is 24.3 Å². The number of likely N-dealkylation sites (tertiary alicyclic amines) is 1. The summed E-state index contributed by atoms with van der Waals surface area (Å²) in [5.74, 6) is 0.433. The highest BCUT2D eigenvalue weighted by Gasteiger charge is 2.23. The molecule has 1 saturated carbocycles. The van der Waals surface area contributed by atoms with E-state index in [4.69, 9.17) is 10.5 Å². The number of nitrogens with two attached hydrogens (primary N) is 1. The molecule has 1 aliphatic carbocycles. The van der Waals surface area contributed by atoms with E-state index < -0.39 is 0 Å². The van der Waals surface area contributed by atoms with Crippen LogP contribution in [0.3, 0.4) is 0 Å². The zero-order valence-corrected chi connectivity index (χ0v) is 14.6. The zero-order chi connectivity index (χ0) is 17.6. The van der Waals surface area contributed by atoms with Crippen molar-refractivity contribution in [2.45, 2.75) is 50.6 Å². The van der Waals surface area contributed by atoms with Gasteiger partial charge in [0.05, 0.1) is 0 Å². The van der Waals surface area contributed by atoms with Crippen LogP contribution in [0.1, 0.15) is 48.9 Å². The Morgan fingerprint density at radius 2 is 2.00 bits per heavy atom. The summed E-state index contributed by atoms with van der Waals surface area (Å²) < 4.78 is 5.61. The molecule has 0 aromatic heterocycles. The minimum Gasteiger partial charge on any atom is -0.484 e. The Morgan fingerprint density at radius 1 is 1.20 bits per heavy atom. The van der Waals surface area contributed by atoms with Gasteiger partial charge in [-0.2, -0.15) is 0 Å². The number of carbonyl (C=O) groups excluding carboxylic acids is 2. The van der Waals surface area contributed by atoms with Gasteiger partial charge in [-0.15, -0.1) is 0 Å². The fourth-order valence-electron chi connectivity index (χ4n) is 3.52. The van der Waals surface area contributed by atoms with Gasteiger partial charge >= 0.3 is 0 Å². The molecule has 1 aliphatic heterocycles. The van der Waals surface area contributed by atoms with Crippen LogP contribution in [-0.4, -0.2) is 48.5 Å². The van der Waals surface area contributed by atoms with Gasteiger partial charge in [0.2, 0.25) is 0 Å². The second-order valence-electron chi connectivity index (χ2n) is 7.00. The maximum Gasteiger partial charge on any atom is 0.260 e. The number of nitrogens with one attached hydrogen (secondary N) is 1. The Hall–Kier alpha value is -2.08. The monoisotopic (exact) mass is 345 g/mol. The number of rotatable bonds is 5. The molecule has 0 radical (unpaired) electrons. The second kappa shape index (κ2) is 8.34. The van der Waals surface area contributed by atoms with Crippen molar-refractivity contribution in [3.8, 4) is 5.75 Å². The lowest BCUT2D eigenvalue weighted by molar-refractivity contribution is -0.134. The van der Waals surface area contributed by atoms with Gasteiger partial charge in [-0.25, -0.2) is 0 Å². The van der Waals surface area contributed by atoms with Crippen molar-refractivity contribution in [3.05, 3.63) is 29.8 Å². The number of nitrogens with zero attached hydrogens (tertiary/aromatic N) is 1. The first-order valence-corrected chi connectivity index (χ1v) is 9.19. The molecule has 0 bridgehead atoms. The van der Waals surface area contributed by atoms with E-state index in [-0.39, 0.29) is 30.5 Å². The van der Waals surface area contributed by atoms with E-state index in [1.54, 1.807) is 24.3 Å². The Morgan fingerprint density at radius 3 is 2.72 bits per heavy atom. The fourth-order valence-corrected chi connectivity index (χ4v) is 3.52. The van der Waals surface area contributed by atoms with Crippen LogP contribution in [0.25, 0.3) is 0 Å². The van der Waals surface area contributed by atoms with Crippen molar-refractivity contribution in [1.82, 2.24) is 10.2 Å². The topological polar surface area (TPSA) is 84.7 Å². The molecule has 6 heteroatoms. The van der Waals surface area contributed by atoms with Crippen molar-refractivity contribution in [3.63, 3.8) is 0 Å².